The van der Waals surface area contributed by atoms with Gasteiger partial charge in [0.05, 0.1) is 33.6 Å². The molecule has 0 saturated heterocycles. The van der Waals surface area contributed by atoms with Crippen molar-refractivity contribution in [2.24, 2.45) is 0 Å². The first kappa shape index (κ1) is 28.7. The Morgan fingerprint density at radius 2 is 0.667 bits per heavy atom. The molecule has 4 N–H and O–H groups in total. The highest BCUT2D eigenvalue weighted by atomic mass is 16.2. The molecule has 4 amide bonds. The van der Waals surface area contributed by atoms with Crippen molar-refractivity contribution in [3.8, 4) is 33.4 Å². The van der Waals surface area contributed by atoms with Crippen LogP contribution in [0.3, 0.4) is 0 Å². The lowest BCUT2D eigenvalue weighted by atomic mass is 10.00. The maximum absolute atomic E-state index is 13.6. The molecule has 48 heavy (non-hydrogen) atoms. The van der Waals surface area contributed by atoms with E-state index < -0.39 is 23.6 Å². The Bertz CT molecular complexity index is 2180. The number of hydrogen-bond acceptors (Lipinski definition) is 6. The molecule has 6 aromatic carbocycles. The van der Waals surface area contributed by atoms with E-state index in [-0.39, 0.29) is 0 Å². The van der Waals surface area contributed by atoms with Crippen LogP contribution >= 0.6 is 0 Å². The number of anilines is 4. The summed E-state index contributed by atoms with van der Waals surface area (Å²) in [5, 5.41) is 0. The molecule has 2 aliphatic rings. The van der Waals surface area contributed by atoms with Crippen LogP contribution in [-0.2, 0) is 0 Å². The lowest BCUT2D eigenvalue weighted by molar-refractivity contribution is 0.0910. The molecule has 0 aliphatic carbocycles. The maximum atomic E-state index is 13.6. The minimum absolute atomic E-state index is 0.326. The first-order chi connectivity index (χ1) is 23.3. The highest BCUT2D eigenvalue weighted by molar-refractivity contribution is 6.35. The van der Waals surface area contributed by atoms with E-state index in [1.54, 1.807) is 84.9 Å². The number of fused-ring (bicyclic) bond motifs is 2. The minimum Gasteiger partial charge on any atom is -0.399 e. The number of imide groups is 2. The molecule has 8 rings (SSSR count). The molecule has 230 valence electrons. The number of carbonyl (C=O) groups excluding carboxylic acids is 4. The zero-order valence-corrected chi connectivity index (χ0v) is 25.4. The summed E-state index contributed by atoms with van der Waals surface area (Å²) in [5.74, 6) is -1.65. The number of rotatable bonds is 5. The Labute approximate surface area is 275 Å². The molecule has 2 aliphatic heterocycles. The fourth-order valence-corrected chi connectivity index (χ4v) is 6.31. The van der Waals surface area contributed by atoms with Gasteiger partial charge < -0.3 is 11.5 Å². The second-order valence-electron chi connectivity index (χ2n) is 11.8. The molecule has 0 aromatic heterocycles. The van der Waals surface area contributed by atoms with Crippen LogP contribution in [0.1, 0.15) is 41.4 Å². The molecule has 2 heterocycles. The van der Waals surface area contributed by atoms with Crippen LogP contribution in [0, 0.1) is 0 Å². The molecular formula is C40H26N4O4. The van der Waals surface area contributed by atoms with Crippen molar-refractivity contribution in [1.29, 1.82) is 0 Å². The monoisotopic (exact) mass is 626 g/mol. The number of amides is 4. The first-order valence-corrected chi connectivity index (χ1v) is 15.2. The lowest BCUT2D eigenvalue weighted by Crippen LogP contribution is -2.29. The van der Waals surface area contributed by atoms with Crippen LogP contribution in [-0.4, -0.2) is 23.6 Å². The van der Waals surface area contributed by atoms with Crippen LogP contribution in [0.4, 0.5) is 22.7 Å². The third kappa shape index (κ3) is 4.63. The predicted molar refractivity (Wildman–Crippen MR) is 187 cm³/mol. The summed E-state index contributed by atoms with van der Waals surface area (Å²) in [6.45, 7) is 0. The molecule has 0 saturated carbocycles. The van der Waals surface area contributed by atoms with Gasteiger partial charge in [-0.1, -0.05) is 60.7 Å². The molecule has 0 atom stereocenters. The largest absolute Gasteiger partial charge is 0.399 e. The lowest BCUT2D eigenvalue weighted by Gasteiger charge is -2.17. The Balaban J connectivity index is 1.08. The molecule has 0 spiro atoms. The van der Waals surface area contributed by atoms with E-state index in [4.69, 9.17) is 11.5 Å². The molecule has 0 fully saturated rings. The second-order valence-corrected chi connectivity index (χ2v) is 11.8. The van der Waals surface area contributed by atoms with Gasteiger partial charge in [0, 0.05) is 11.4 Å². The van der Waals surface area contributed by atoms with Gasteiger partial charge in [-0.2, -0.15) is 0 Å². The van der Waals surface area contributed by atoms with Crippen LogP contribution in [0.15, 0.2) is 133 Å². The van der Waals surface area contributed by atoms with E-state index in [2.05, 4.69) is 0 Å². The van der Waals surface area contributed by atoms with E-state index >= 15 is 0 Å². The molecule has 6 aromatic rings. The van der Waals surface area contributed by atoms with Crippen LogP contribution in [0.25, 0.3) is 33.4 Å². The summed E-state index contributed by atoms with van der Waals surface area (Å²) in [7, 11) is 0. The fourth-order valence-electron chi connectivity index (χ4n) is 6.31. The Hall–Kier alpha value is -6.80. The Morgan fingerprint density at radius 3 is 1.06 bits per heavy atom. The van der Waals surface area contributed by atoms with Crippen molar-refractivity contribution in [2.45, 2.75) is 0 Å². The topological polar surface area (TPSA) is 127 Å². The van der Waals surface area contributed by atoms with Crippen molar-refractivity contribution >= 4 is 46.4 Å². The van der Waals surface area contributed by atoms with Gasteiger partial charge in [-0.3, -0.25) is 19.2 Å². The standard InChI is InChI=1S/C40H26N4O4/c41-29-13-7-23(8-14-29)27-11-17-33-35(21-27)39(47)43(37(33)45)31-5-1-3-25(19-31)26-4-2-6-32(20-26)44-38(46)34-18-12-28(22-36(34)40(44)48)24-9-15-30(42)16-10-24/h1-22H,41-42H2. The van der Waals surface area contributed by atoms with Gasteiger partial charge >= 0.3 is 0 Å². The number of hydrogen-bond donors (Lipinski definition) is 2. The predicted octanol–water partition coefficient (Wildman–Crippen LogP) is 7.45. The van der Waals surface area contributed by atoms with Crippen molar-refractivity contribution in [2.75, 3.05) is 21.3 Å². The second kappa shape index (κ2) is 10.9. The quantitative estimate of drug-likeness (QED) is 0.151. The van der Waals surface area contributed by atoms with Gasteiger partial charge in [0.15, 0.2) is 0 Å². The van der Waals surface area contributed by atoms with Crippen molar-refractivity contribution in [3.63, 3.8) is 0 Å². The first-order valence-electron chi connectivity index (χ1n) is 15.2. The SMILES string of the molecule is Nc1ccc(-c2ccc3c(c2)C(=O)N(c2cccc(-c4cccc(N5C(=O)c6ccc(-c7ccc(N)cc7)cc6C5=O)c4)c2)C3=O)cc1. The zero-order valence-electron chi connectivity index (χ0n) is 25.4. The average Bonchev–Trinajstić information content (AvgIpc) is 3.52. The number of nitrogens with two attached hydrogens (primary N) is 2. The Kier molecular flexibility index (Phi) is 6.52. The summed E-state index contributed by atoms with van der Waals surface area (Å²) < 4.78 is 0. The van der Waals surface area contributed by atoms with Gasteiger partial charge in [0.2, 0.25) is 0 Å². The zero-order chi connectivity index (χ0) is 33.1. The van der Waals surface area contributed by atoms with Gasteiger partial charge in [0.25, 0.3) is 23.6 Å². The van der Waals surface area contributed by atoms with Crippen LogP contribution in [0.2, 0.25) is 0 Å². The summed E-state index contributed by atoms with van der Waals surface area (Å²) in [4.78, 5) is 56.6. The van der Waals surface area contributed by atoms with Gasteiger partial charge in [-0.05, 0) is 106 Å². The van der Waals surface area contributed by atoms with Crippen molar-refractivity contribution < 1.29 is 19.2 Å². The van der Waals surface area contributed by atoms with Gasteiger partial charge in [0.1, 0.15) is 0 Å². The van der Waals surface area contributed by atoms with E-state index in [0.29, 0.717) is 56.1 Å². The highest BCUT2D eigenvalue weighted by Crippen LogP contribution is 2.36. The minimum atomic E-state index is -0.414. The number of carbonyl (C=O) groups is 4. The molecular weight excluding hydrogens is 600 g/mol. The number of benzene rings is 6. The molecule has 8 heteroatoms. The smallest absolute Gasteiger partial charge is 0.266 e. The maximum Gasteiger partial charge on any atom is 0.266 e. The molecule has 8 nitrogen and oxygen atoms in total. The molecule has 0 bridgehead atoms. The molecule has 0 unspecified atom stereocenters. The Morgan fingerprint density at radius 1 is 0.333 bits per heavy atom. The fraction of sp³-hybridized carbons (Fsp3) is 0. The number of nitrogen functional groups attached to an aromatic ring is 2. The average molecular weight is 627 g/mol. The van der Waals surface area contributed by atoms with E-state index in [1.165, 1.54) is 9.80 Å². The third-order valence-corrected chi connectivity index (χ3v) is 8.80. The van der Waals surface area contributed by atoms with E-state index in [9.17, 15) is 19.2 Å². The molecule has 0 radical (unpaired) electrons. The normalized spacial score (nSPS) is 13.7. The summed E-state index contributed by atoms with van der Waals surface area (Å²) in [5.41, 5.74) is 19.8. The van der Waals surface area contributed by atoms with Crippen LogP contribution in [0.5, 0.6) is 0 Å². The van der Waals surface area contributed by atoms with Crippen molar-refractivity contribution in [3.05, 3.63) is 156 Å². The summed E-state index contributed by atoms with van der Waals surface area (Å²) in [6, 6.07) is 39.2. The number of nitrogens with zero attached hydrogens (tertiary/aromatic N) is 2. The highest BCUT2D eigenvalue weighted by Gasteiger charge is 2.38. The van der Waals surface area contributed by atoms with E-state index in [1.807, 2.05) is 48.5 Å². The third-order valence-electron chi connectivity index (χ3n) is 8.80. The summed E-state index contributed by atoms with van der Waals surface area (Å²) >= 11 is 0. The van der Waals surface area contributed by atoms with E-state index in [0.717, 1.165) is 22.3 Å². The van der Waals surface area contributed by atoms with Crippen molar-refractivity contribution in [1.82, 2.24) is 0 Å². The van der Waals surface area contributed by atoms with Gasteiger partial charge in [-0.25, -0.2) is 9.80 Å². The summed E-state index contributed by atoms with van der Waals surface area (Å²) in [6.07, 6.45) is 0. The van der Waals surface area contributed by atoms with Crippen LogP contribution < -0.4 is 21.3 Å². The van der Waals surface area contributed by atoms with Gasteiger partial charge in [-0.15, -0.1) is 0 Å².